The van der Waals surface area contributed by atoms with Crippen molar-refractivity contribution in [1.29, 1.82) is 0 Å². The molecule has 2 heterocycles. The molecule has 124 valence electrons. The lowest BCUT2D eigenvalue weighted by atomic mass is 10.00. The molecule has 0 unspecified atom stereocenters. The third-order valence-electron chi connectivity index (χ3n) is 4.48. The summed E-state index contributed by atoms with van der Waals surface area (Å²) in [6.45, 7) is 6.02. The second kappa shape index (κ2) is 7.59. The fourth-order valence-electron chi connectivity index (χ4n) is 2.97. The summed E-state index contributed by atoms with van der Waals surface area (Å²) in [6, 6.07) is 8.21. The molecular weight excluding hydrogens is 288 g/mol. The predicted molar refractivity (Wildman–Crippen MR) is 95.1 cm³/mol. The summed E-state index contributed by atoms with van der Waals surface area (Å²) in [4.78, 5) is 11.9. The quantitative estimate of drug-likeness (QED) is 0.829. The van der Waals surface area contributed by atoms with Crippen LogP contribution < -0.4 is 10.2 Å². The largest absolute Gasteiger partial charge is 0.385 e. The zero-order valence-corrected chi connectivity index (χ0v) is 14.1. The second-order valence-electron chi connectivity index (χ2n) is 6.33. The van der Waals surface area contributed by atoms with E-state index in [2.05, 4.69) is 29.3 Å². The maximum Gasteiger partial charge on any atom is 0.227 e. The molecule has 1 aliphatic heterocycles. The number of anilines is 2. The van der Waals surface area contributed by atoms with E-state index in [1.807, 2.05) is 12.1 Å². The Balaban J connectivity index is 1.84. The summed E-state index contributed by atoms with van der Waals surface area (Å²) >= 11 is 0. The van der Waals surface area contributed by atoms with Gasteiger partial charge in [-0.15, -0.1) is 0 Å². The number of aromatic nitrogens is 2. The maximum atomic E-state index is 5.12. The molecule has 0 atom stereocenters. The first kappa shape index (κ1) is 16.0. The number of hydrogen-bond donors (Lipinski definition) is 1. The van der Waals surface area contributed by atoms with E-state index in [4.69, 9.17) is 14.7 Å². The molecule has 1 fully saturated rings. The molecule has 1 aromatic carbocycles. The Labute approximate surface area is 138 Å². The van der Waals surface area contributed by atoms with Crippen LogP contribution in [0.3, 0.4) is 0 Å². The number of benzene rings is 1. The van der Waals surface area contributed by atoms with Gasteiger partial charge in [-0.1, -0.05) is 19.1 Å². The minimum atomic E-state index is 0.757. The maximum absolute atomic E-state index is 5.12. The van der Waals surface area contributed by atoms with Crippen LogP contribution >= 0.6 is 0 Å². The standard InChI is InChI=1S/C18H26N4O/c1-14-8-11-22(12-9-14)18-20-16-7-4-3-6-15(16)17(21-18)19-10-5-13-23-2/h3-4,6-7,14H,5,8-13H2,1-2H3,(H,19,20,21). The zero-order valence-electron chi connectivity index (χ0n) is 14.1. The summed E-state index contributed by atoms with van der Waals surface area (Å²) in [7, 11) is 1.73. The molecule has 0 aliphatic carbocycles. The SMILES string of the molecule is COCCCNc1nc(N2CCC(C)CC2)nc2ccccc12. The van der Waals surface area contributed by atoms with Gasteiger partial charge in [-0.2, -0.15) is 4.98 Å². The lowest BCUT2D eigenvalue weighted by molar-refractivity contribution is 0.198. The number of nitrogens with one attached hydrogen (secondary N) is 1. The van der Waals surface area contributed by atoms with Gasteiger partial charge >= 0.3 is 0 Å². The van der Waals surface area contributed by atoms with Gasteiger partial charge in [0, 0.05) is 38.7 Å². The number of para-hydroxylation sites is 1. The molecule has 5 heteroatoms. The van der Waals surface area contributed by atoms with Crippen LogP contribution in [0.4, 0.5) is 11.8 Å². The van der Waals surface area contributed by atoms with Gasteiger partial charge in [-0.3, -0.25) is 0 Å². The molecule has 2 aromatic rings. The Kier molecular flexibility index (Phi) is 5.28. The van der Waals surface area contributed by atoms with Crippen molar-refractivity contribution < 1.29 is 4.74 Å². The van der Waals surface area contributed by atoms with Crippen molar-refractivity contribution >= 4 is 22.7 Å². The van der Waals surface area contributed by atoms with Crippen LogP contribution in [0.15, 0.2) is 24.3 Å². The van der Waals surface area contributed by atoms with Crippen molar-refractivity contribution in [3.05, 3.63) is 24.3 Å². The van der Waals surface area contributed by atoms with Crippen LogP contribution in [0.25, 0.3) is 10.9 Å². The number of piperidine rings is 1. The van der Waals surface area contributed by atoms with Gasteiger partial charge in [0.15, 0.2) is 0 Å². The van der Waals surface area contributed by atoms with Gasteiger partial charge in [0.05, 0.1) is 5.52 Å². The van der Waals surface area contributed by atoms with Crippen molar-refractivity contribution in [2.75, 3.05) is 43.6 Å². The topological polar surface area (TPSA) is 50.3 Å². The minimum absolute atomic E-state index is 0.757. The van der Waals surface area contributed by atoms with Gasteiger partial charge in [0.1, 0.15) is 5.82 Å². The average molecular weight is 314 g/mol. The molecule has 1 N–H and O–H groups in total. The summed E-state index contributed by atoms with van der Waals surface area (Å²) in [6.07, 6.45) is 3.39. The molecule has 5 nitrogen and oxygen atoms in total. The van der Waals surface area contributed by atoms with Crippen LogP contribution in [-0.4, -0.2) is 43.3 Å². The highest BCUT2D eigenvalue weighted by Gasteiger charge is 2.19. The highest BCUT2D eigenvalue weighted by atomic mass is 16.5. The third-order valence-corrected chi connectivity index (χ3v) is 4.48. The molecule has 1 saturated heterocycles. The molecule has 1 aliphatic rings. The predicted octanol–water partition coefficient (Wildman–Crippen LogP) is 3.31. The van der Waals surface area contributed by atoms with E-state index in [9.17, 15) is 0 Å². The van der Waals surface area contributed by atoms with Gasteiger partial charge in [0.25, 0.3) is 0 Å². The molecule has 0 bridgehead atoms. The molecule has 0 saturated carbocycles. The lowest BCUT2D eigenvalue weighted by Gasteiger charge is -2.30. The summed E-state index contributed by atoms with van der Waals surface area (Å²) in [5, 5.41) is 4.54. The number of fused-ring (bicyclic) bond motifs is 1. The second-order valence-corrected chi connectivity index (χ2v) is 6.33. The van der Waals surface area contributed by atoms with E-state index >= 15 is 0 Å². The monoisotopic (exact) mass is 314 g/mol. The molecule has 0 amide bonds. The Hall–Kier alpha value is -1.88. The van der Waals surface area contributed by atoms with Crippen molar-refractivity contribution in [3.63, 3.8) is 0 Å². The van der Waals surface area contributed by atoms with Crippen LogP contribution in [-0.2, 0) is 4.74 Å². The van der Waals surface area contributed by atoms with E-state index in [0.717, 1.165) is 61.2 Å². The third kappa shape index (κ3) is 3.91. The molecule has 0 radical (unpaired) electrons. The fraction of sp³-hybridized carbons (Fsp3) is 0.556. The van der Waals surface area contributed by atoms with E-state index in [0.29, 0.717) is 0 Å². The average Bonchev–Trinajstić information content (AvgIpc) is 2.59. The van der Waals surface area contributed by atoms with E-state index in [1.165, 1.54) is 12.8 Å². The summed E-state index contributed by atoms with van der Waals surface area (Å²) in [5.74, 6) is 2.59. The summed E-state index contributed by atoms with van der Waals surface area (Å²) < 4.78 is 5.12. The summed E-state index contributed by atoms with van der Waals surface area (Å²) in [5.41, 5.74) is 1.00. The van der Waals surface area contributed by atoms with Gasteiger partial charge in [0.2, 0.25) is 5.95 Å². The Morgan fingerprint density at radius 1 is 1.22 bits per heavy atom. The smallest absolute Gasteiger partial charge is 0.227 e. The van der Waals surface area contributed by atoms with Crippen molar-refractivity contribution in [3.8, 4) is 0 Å². The molecule has 0 spiro atoms. The highest BCUT2D eigenvalue weighted by molar-refractivity contribution is 5.90. The number of hydrogen-bond acceptors (Lipinski definition) is 5. The first-order valence-electron chi connectivity index (χ1n) is 8.52. The van der Waals surface area contributed by atoms with Crippen LogP contribution in [0.1, 0.15) is 26.2 Å². The number of rotatable bonds is 6. The molecule has 23 heavy (non-hydrogen) atoms. The van der Waals surface area contributed by atoms with Gasteiger partial charge < -0.3 is 15.0 Å². The molecular formula is C18H26N4O. The first-order chi connectivity index (χ1) is 11.3. The van der Waals surface area contributed by atoms with Crippen molar-refractivity contribution in [1.82, 2.24) is 9.97 Å². The Bertz CT molecular complexity index is 638. The Morgan fingerprint density at radius 2 is 2.00 bits per heavy atom. The van der Waals surface area contributed by atoms with Crippen LogP contribution in [0, 0.1) is 5.92 Å². The Morgan fingerprint density at radius 3 is 2.78 bits per heavy atom. The van der Waals surface area contributed by atoms with E-state index < -0.39 is 0 Å². The fourth-order valence-corrected chi connectivity index (χ4v) is 2.97. The van der Waals surface area contributed by atoms with Crippen molar-refractivity contribution in [2.45, 2.75) is 26.2 Å². The molecule has 1 aromatic heterocycles. The normalized spacial score (nSPS) is 16.0. The number of methoxy groups -OCH3 is 1. The highest BCUT2D eigenvalue weighted by Crippen LogP contribution is 2.26. The lowest BCUT2D eigenvalue weighted by Crippen LogP contribution is -2.34. The first-order valence-corrected chi connectivity index (χ1v) is 8.52. The van der Waals surface area contributed by atoms with Gasteiger partial charge in [-0.25, -0.2) is 4.98 Å². The van der Waals surface area contributed by atoms with E-state index in [1.54, 1.807) is 7.11 Å². The van der Waals surface area contributed by atoms with Gasteiger partial charge in [-0.05, 0) is 37.3 Å². The number of ether oxygens (including phenoxy) is 1. The van der Waals surface area contributed by atoms with Crippen molar-refractivity contribution in [2.24, 2.45) is 5.92 Å². The van der Waals surface area contributed by atoms with Crippen LogP contribution in [0.2, 0.25) is 0 Å². The minimum Gasteiger partial charge on any atom is -0.385 e. The number of nitrogens with zero attached hydrogens (tertiary/aromatic N) is 3. The molecule has 3 rings (SSSR count). The van der Waals surface area contributed by atoms with Crippen LogP contribution in [0.5, 0.6) is 0 Å². The zero-order chi connectivity index (χ0) is 16.1. The van der Waals surface area contributed by atoms with E-state index in [-0.39, 0.29) is 0 Å².